The average molecular weight is 369 g/mol. The third-order valence-electron chi connectivity index (χ3n) is 5.42. The van der Waals surface area contributed by atoms with E-state index in [2.05, 4.69) is 39.0 Å². The second-order valence-corrected chi connectivity index (χ2v) is 8.36. The maximum atomic E-state index is 9.73. The Kier molecular flexibility index (Phi) is 4.59. The zero-order valence-electron chi connectivity index (χ0n) is 15.9. The number of rotatable bonds is 3. The van der Waals surface area contributed by atoms with Gasteiger partial charge in [0.2, 0.25) is 5.95 Å². The van der Waals surface area contributed by atoms with Crippen LogP contribution in [0.1, 0.15) is 50.4 Å². The van der Waals surface area contributed by atoms with E-state index in [9.17, 15) is 5.11 Å². The molecule has 1 fully saturated rings. The SMILES string of the molecule is CC1(C)Cc2nc(N3CCC(O)CC3)ncc2[C@@H](Nc2cc(N)ncn2)C1. The van der Waals surface area contributed by atoms with Gasteiger partial charge in [-0.25, -0.2) is 19.9 Å². The summed E-state index contributed by atoms with van der Waals surface area (Å²) in [6.45, 7) is 6.12. The van der Waals surface area contributed by atoms with E-state index in [1.54, 1.807) is 6.07 Å². The number of hydrogen-bond donors (Lipinski definition) is 3. The highest BCUT2D eigenvalue weighted by atomic mass is 16.3. The topological polar surface area (TPSA) is 113 Å². The number of fused-ring (bicyclic) bond motifs is 1. The summed E-state index contributed by atoms with van der Waals surface area (Å²) in [5.74, 6) is 1.93. The van der Waals surface area contributed by atoms with E-state index in [0.29, 0.717) is 11.6 Å². The molecule has 1 aliphatic heterocycles. The van der Waals surface area contributed by atoms with Crippen LogP contribution in [0.4, 0.5) is 17.6 Å². The number of hydrogen-bond acceptors (Lipinski definition) is 8. The molecule has 0 spiro atoms. The first-order valence-electron chi connectivity index (χ1n) is 9.52. The molecule has 0 radical (unpaired) electrons. The standard InChI is InChI=1S/C19H27N7O/c1-19(2)8-14(24-17-7-16(20)22-11-23-17)13-10-21-18(25-15(13)9-19)26-5-3-12(27)4-6-26/h7,10-12,14,27H,3-6,8-9H2,1-2H3,(H3,20,22,23,24)/t14-/m0/s1. The fourth-order valence-electron chi connectivity index (χ4n) is 4.01. The molecule has 0 aromatic carbocycles. The largest absolute Gasteiger partial charge is 0.393 e. The molecule has 4 rings (SSSR count). The van der Waals surface area contributed by atoms with Gasteiger partial charge in [-0.3, -0.25) is 0 Å². The van der Waals surface area contributed by atoms with E-state index in [0.717, 1.165) is 56.0 Å². The van der Waals surface area contributed by atoms with Crippen molar-refractivity contribution in [1.29, 1.82) is 0 Å². The molecular formula is C19H27N7O. The van der Waals surface area contributed by atoms with E-state index in [1.807, 2.05) is 6.20 Å². The Morgan fingerprint density at radius 1 is 1.22 bits per heavy atom. The Morgan fingerprint density at radius 2 is 2.00 bits per heavy atom. The Bertz CT molecular complexity index is 817. The van der Waals surface area contributed by atoms with Gasteiger partial charge in [0, 0.05) is 30.9 Å². The van der Waals surface area contributed by atoms with Crippen LogP contribution in [0.5, 0.6) is 0 Å². The molecular weight excluding hydrogens is 342 g/mol. The summed E-state index contributed by atoms with van der Waals surface area (Å²) in [5, 5.41) is 13.2. The first-order valence-corrected chi connectivity index (χ1v) is 9.52. The number of piperidine rings is 1. The number of aliphatic hydroxyl groups excluding tert-OH is 1. The third-order valence-corrected chi connectivity index (χ3v) is 5.42. The van der Waals surface area contributed by atoms with Gasteiger partial charge in [-0.2, -0.15) is 0 Å². The van der Waals surface area contributed by atoms with Gasteiger partial charge < -0.3 is 21.1 Å². The Morgan fingerprint density at radius 3 is 2.74 bits per heavy atom. The summed E-state index contributed by atoms with van der Waals surface area (Å²) in [7, 11) is 0. The van der Waals surface area contributed by atoms with Crippen molar-refractivity contribution in [3.8, 4) is 0 Å². The van der Waals surface area contributed by atoms with E-state index in [1.165, 1.54) is 6.33 Å². The van der Waals surface area contributed by atoms with Crippen LogP contribution in [0.25, 0.3) is 0 Å². The molecule has 0 amide bonds. The van der Waals surface area contributed by atoms with Crippen LogP contribution in [0, 0.1) is 5.41 Å². The number of nitrogens with two attached hydrogens (primary N) is 1. The van der Waals surface area contributed by atoms with Crippen LogP contribution in [0.3, 0.4) is 0 Å². The predicted octanol–water partition coefficient (Wildman–Crippen LogP) is 1.94. The summed E-state index contributed by atoms with van der Waals surface area (Å²) in [4.78, 5) is 19.9. The van der Waals surface area contributed by atoms with Crippen LogP contribution in [0.2, 0.25) is 0 Å². The molecule has 2 aromatic rings. The van der Waals surface area contributed by atoms with Gasteiger partial charge >= 0.3 is 0 Å². The summed E-state index contributed by atoms with van der Waals surface area (Å²) in [5.41, 5.74) is 8.11. The van der Waals surface area contributed by atoms with E-state index in [-0.39, 0.29) is 17.6 Å². The van der Waals surface area contributed by atoms with Crippen molar-refractivity contribution in [3.05, 3.63) is 29.8 Å². The molecule has 1 aliphatic carbocycles. The lowest BCUT2D eigenvalue weighted by Gasteiger charge is -2.37. The summed E-state index contributed by atoms with van der Waals surface area (Å²) in [6, 6.07) is 1.82. The first-order chi connectivity index (χ1) is 12.9. The fraction of sp³-hybridized carbons (Fsp3) is 0.579. The van der Waals surface area contributed by atoms with Gasteiger partial charge in [0.1, 0.15) is 18.0 Å². The zero-order chi connectivity index (χ0) is 19.0. The van der Waals surface area contributed by atoms with Gasteiger partial charge in [0.05, 0.1) is 17.8 Å². The monoisotopic (exact) mass is 369 g/mol. The number of aliphatic hydroxyl groups is 1. The van der Waals surface area contributed by atoms with E-state index < -0.39 is 0 Å². The highest BCUT2D eigenvalue weighted by Gasteiger charge is 2.34. The molecule has 8 heteroatoms. The van der Waals surface area contributed by atoms with Crippen LogP contribution >= 0.6 is 0 Å². The molecule has 2 aliphatic rings. The minimum absolute atomic E-state index is 0.0790. The zero-order valence-corrected chi connectivity index (χ0v) is 15.9. The maximum Gasteiger partial charge on any atom is 0.225 e. The lowest BCUT2D eigenvalue weighted by atomic mass is 9.74. The fourth-order valence-corrected chi connectivity index (χ4v) is 4.01. The van der Waals surface area contributed by atoms with Crippen molar-refractivity contribution in [2.75, 3.05) is 29.0 Å². The predicted molar refractivity (Wildman–Crippen MR) is 104 cm³/mol. The molecule has 1 atom stereocenters. The normalized spacial score (nSPS) is 22.3. The molecule has 0 bridgehead atoms. The minimum atomic E-state index is -0.202. The van der Waals surface area contributed by atoms with Crippen molar-refractivity contribution in [3.63, 3.8) is 0 Å². The highest BCUT2D eigenvalue weighted by Crippen LogP contribution is 2.41. The molecule has 4 N–H and O–H groups in total. The second-order valence-electron chi connectivity index (χ2n) is 8.36. The smallest absolute Gasteiger partial charge is 0.225 e. The number of anilines is 3. The highest BCUT2D eigenvalue weighted by molar-refractivity contribution is 5.47. The quantitative estimate of drug-likeness (QED) is 0.752. The lowest BCUT2D eigenvalue weighted by molar-refractivity contribution is 0.145. The average Bonchev–Trinajstić information content (AvgIpc) is 2.61. The Hall–Kier alpha value is -2.48. The Balaban J connectivity index is 1.61. The van der Waals surface area contributed by atoms with Gasteiger partial charge in [-0.1, -0.05) is 13.8 Å². The summed E-state index contributed by atoms with van der Waals surface area (Å²) >= 11 is 0. The van der Waals surface area contributed by atoms with Gasteiger partial charge in [0.25, 0.3) is 0 Å². The summed E-state index contributed by atoms with van der Waals surface area (Å²) in [6.07, 6.45) is 6.63. The van der Waals surface area contributed by atoms with Crippen molar-refractivity contribution in [2.45, 2.75) is 51.7 Å². The van der Waals surface area contributed by atoms with Crippen LogP contribution in [-0.4, -0.2) is 44.2 Å². The number of nitrogens with zero attached hydrogens (tertiary/aromatic N) is 5. The molecule has 144 valence electrons. The maximum absolute atomic E-state index is 9.73. The van der Waals surface area contributed by atoms with Crippen LogP contribution < -0.4 is 16.0 Å². The molecule has 3 heterocycles. The number of nitrogen functional groups attached to an aromatic ring is 1. The molecule has 0 unspecified atom stereocenters. The van der Waals surface area contributed by atoms with E-state index >= 15 is 0 Å². The lowest BCUT2D eigenvalue weighted by Crippen LogP contribution is -2.38. The van der Waals surface area contributed by atoms with Crippen LogP contribution in [-0.2, 0) is 6.42 Å². The molecule has 1 saturated heterocycles. The molecule has 2 aromatic heterocycles. The van der Waals surface area contributed by atoms with Crippen molar-refractivity contribution >= 4 is 17.6 Å². The molecule has 8 nitrogen and oxygen atoms in total. The minimum Gasteiger partial charge on any atom is -0.393 e. The van der Waals surface area contributed by atoms with E-state index in [4.69, 9.17) is 10.7 Å². The first kappa shape index (κ1) is 17.9. The van der Waals surface area contributed by atoms with Crippen molar-refractivity contribution < 1.29 is 5.11 Å². The molecule has 27 heavy (non-hydrogen) atoms. The van der Waals surface area contributed by atoms with Gasteiger partial charge in [0.15, 0.2) is 0 Å². The molecule has 0 saturated carbocycles. The van der Waals surface area contributed by atoms with Crippen LogP contribution in [0.15, 0.2) is 18.6 Å². The van der Waals surface area contributed by atoms with Crippen molar-refractivity contribution in [1.82, 2.24) is 19.9 Å². The third kappa shape index (κ3) is 3.95. The number of aromatic nitrogens is 4. The number of nitrogens with one attached hydrogen (secondary N) is 1. The van der Waals surface area contributed by atoms with Crippen molar-refractivity contribution in [2.24, 2.45) is 5.41 Å². The van der Waals surface area contributed by atoms with Gasteiger partial charge in [-0.05, 0) is 31.1 Å². The van der Waals surface area contributed by atoms with Gasteiger partial charge in [-0.15, -0.1) is 0 Å². The Labute approximate surface area is 159 Å². The second kappa shape index (κ2) is 6.92. The summed E-state index contributed by atoms with van der Waals surface area (Å²) < 4.78 is 0.